The van der Waals surface area contributed by atoms with E-state index in [9.17, 15) is 9.59 Å². The molecule has 0 N–H and O–H groups in total. The number of hydrogen-bond acceptors (Lipinski definition) is 3. The van der Waals surface area contributed by atoms with E-state index in [-0.39, 0.29) is 27.0 Å². The van der Waals surface area contributed by atoms with Gasteiger partial charge in [-0.25, -0.2) is 9.69 Å². The summed E-state index contributed by atoms with van der Waals surface area (Å²) < 4.78 is 5.22. The first-order valence-corrected chi connectivity index (χ1v) is 11.7. The molecule has 6 heteroatoms. The molecule has 31 heavy (non-hydrogen) atoms. The van der Waals surface area contributed by atoms with Gasteiger partial charge in [0.05, 0.1) is 6.04 Å². The highest BCUT2D eigenvalue weighted by atomic mass is 31.1. The standard InChI is InChI=1S/C25H24NO3P.B/c27-24(26-21(19-29-25(26)28)18-20-10-4-1-5-11-20)16-17-30(22-12-6-2-7-13-22)23-14-8-3-9-15-23;/h1-15,21H,16-19H2;/t21-;/m0./s1. The van der Waals surface area contributed by atoms with Crippen molar-refractivity contribution >= 4 is 38.9 Å². The fourth-order valence-corrected chi connectivity index (χ4v) is 6.05. The van der Waals surface area contributed by atoms with Gasteiger partial charge < -0.3 is 4.74 Å². The Bertz CT molecular complexity index is 946. The minimum atomic E-state index is -0.674. The molecule has 1 aliphatic rings. The Kier molecular flexibility index (Phi) is 8.03. The molecule has 3 aromatic carbocycles. The third-order valence-electron chi connectivity index (χ3n) is 5.23. The summed E-state index contributed by atoms with van der Waals surface area (Å²) in [6.07, 6.45) is 1.11. The number of rotatable bonds is 7. The van der Waals surface area contributed by atoms with Gasteiger partial charge >= 0.3 is 6.09 Å². The average molecular weight is 428 g/mol. The zero-order chi connectivity index (χ0) is 20.8. The predicted octanol–water partition coefficient (Wildman–Crippen LogP) is 3.72. The van der Waals surface area contributed by atoms with E-state index in [0.29, 0.717) is 19.0 Å². The lowest BCUT2D eigenvalue weighted by molar-refractivity contribution is -0.128. The van der Waals surface area contributed by atoms with Crippen LogP contribution in [-0.2, 0) is 16.0 Å². The number of cyclic esters (lactones) is 1. The second-order valence-corrected chi connectivity index (χ2v) is 9.59. The Hall–Kier alpha value is -2.91. The van der Waals surface area contributed by atoms with Crippen LogP contribution >= 0.6 is 7.92 Å². The lowest BCUT2D eigenvalue weighted by Gasteiger charge is -2.22. The molecule has 155 valence electrons. The van der Waals surface area contributed by atoms with Gasteiger partial charge in [-0.2, -0.15) is 0 Å². The molecule has 1 saturated heterocycles. The zero-order valence-electron chi connectivity index (χ0n) is 17.3. The highest BCUT2D eigenvalue weighted by Gasteiger charge is 2.37. The van der Waals surface area contributed by atoms with Crippen LogP contribution in [0.25, 0.3) is 0 Å². The number of nitrogens with zero attached hydrogens (tertiary/aromatic N) is 1. The van der Waals surface area contributed by atoms with E-state index in [1.807, 2.05) is 66.7 Å². The number of carbonyl (C=O) groups is 2. The summed E-state index contributed by atoms with van der Waals surface area (Å²) in [6, 6.07) is 30.3. The summed E-state index contributed by atoms with van der Waals surface area (Å²) in [5.74, 6) is -0.155. The molecular formula is C25H24BNO3P. The highest BCUT2D eigenvalue weighted by molar-refractivity contribution is 7.73. The van der Waals surface area contributed by atoms with E-state index in [4.69, 9.17) is 4.74 Å². The van der Waals surface area contributed by atoms with Crippen molar-refractivity contribution in [3.05, 3.63) is 96.6 Å². The molecular weight excluding hydrogens is 404 g/mol. The van der Waals surface area contributed by atoms with Crippen LogP contribution in [0.5, 0.6) is 0 Å². The Morgan fingerprint density at radius 1 is 0.871 bits per heavy atom. The van der Waals surface area contributed by atoms with Crippen molar-refractivity contribution in [3.8, 4) is 0 Å². The summed E-state index contributed by atoms with van der Waals surface area (Å²) >= 11 is 0. The topological polar surface area (TPSA) is 46.6 Å². The van der Waals surface area contributed by atoms with Crippen molar-refractivity contribution in [1.82, 2.24) is 4.90 Å². The van der Waals surface area contributed by atoms with Crippen molar-refractivity contribution < 1.29 is 14.3 Å². The predicted molar refractivity (Wildman–Crippen MR) is 126 cm³/mol. The molecule has 1 atom stereocenters. The molecule has 0 bridgehead atoms. The third kappa shape index (κ3) is 5.62. The number of benzene rings is 3. The Morgan fingerprint density at radius 2 is 1.39 bits per heavy atom. The van der Waals surface area contributed by atoms with E-state index in [2.05, 4.69) is 24.3 Å². The van der Waals surface area contributed by atoms with Crippen LogP contribution in [0.15, 0.2) is 91.0 Å². The van der Waals surface area contributed by atoms with Crippen LogP contribution in [0.3, 0.4) is 0 Å². The van der Waals surface area contributed by atoms with E-state index in [0.717, 1.165) is 5.56 Å². The molecule has 0 spiro atoms. The molecule has 1 fully saturated rings. The maximum atomic E-state index is 13.1. The molecule has 4 nitrogen and oxygen atoms in total. The van der Waals surface area contributed by atoms with Gasteiger partial charge in [0, 0.05) is 14.8 Å². The number of imide groups is 1. The molecule has 4 rings (SSSR count). The Morgan fingerprint density at radius 3 is 1.94 bits per heavy atom. The third-order valence-corrected chi connectivity index (χ3v) is 7.74. The van der Waals surface area contributed by atoms with Crippen molar-refractivity contribution in [2.45, 2.75) is 18.9 Å². The summed E-state index contributed by atoms with van der Waals surface area (Å²) in [6.45, 7) is 0.256. The molecule has 3 radical (unpaired) electrons. The monoisotopic (exact) mass is 428 g/mol. The van der Waals surface area contributed by atoms with Crippen LogP contribution in [0, 0.1) is 0 Å². The fourth-order valence-electron chi connectivity index (χ4n) is 3.75. The van der Waals surface area contributed by atoms with Gasteiger partial charge in [-0.1, -0.05) is 91.0 Å². The maximum Gasteiger partial charge on any atom is 0.416 e. The molecule has 3 aromatic rings. The first-order valence-electron chi connectivity index (χ1n) is 10.1. The van der Waals surface area contributed by atoms with Crippen LogP contribution in [0.2, 0.25) is 0 Å². The van der Waals surface area contributed by atoms with Gasteiger partial charge in [-0.05, 0) is 36.7 Å². The summed E-state index contributed by atoms with van der Waals surface area (Å²) in [5.41, 5.74) is 1.09. The van der Waals surface area contributed by atoms with E-state index < -0.39 is 14.0 Å². The fraction of sp³-hybridized carbons (Fsp3) is 0.200. The zero-order valence-corrected chi connectivity index (χ0v) is 18.2. The largest absolute Gasteiger partial charge is 0.447 e. The van der Waals surface area contributed by atoms with Crippen LogP contribution in [0.4, 0.5) is 4.79 Å². The molecule has 0 aromatic heterocycles. The maximum absolute atomic E-state index is 13.1. The van der Waals surface area contributed by atoms with Gasteiger partial charge in [-0.3, -0.25) is 4.79 Å². The quantitative estimate of drug-likeness (QED) is 0.426. The number of carbonyl (C=O) groups excluding carboxylic acids is 2. The first-order chi connectivity index (χ1) is 14.7. The van der Waals surface area contributed by atoms with Crippen LogP contribution in [0.1, 0.15) is 12.0 Å². The van der Waals surface area contributed by atoms with Crippen LogP contribution < -0.4 is 10.6 Å². The smallest absolute Gasteiger partial charge is 0.416 e. The van der Waals surface area contributed by atoms with Gasteiger partial charge in [0.2, 0.25) is 5.91 Å². The van der Waals surface area contributed by atoms with Crippen molar-refractivity contribution in [1.29, 1.82) is 0 Å². The summed E-state index contributed by atoms with van der Waals surface area (Å²) in [5, 5.41) is 2.47. The number of amides is 2. The first kappa shape index (κ1) is 22.8. The number of hydrogen-bond donors (Lipinski definition) is 0. The molecule has 2 amide bonds. The molecule has 0 unspecified atom stereocenters. The SMILES string of the molecule is O=C(CCP(c1ccccc1)c1ccccc1)N1C(=O)OC[C@@H]1Cc1ccccc1.[B]. The second kappa shape index (κ2) is 10.9. The van der Waals surface area contributed by atoms with Crippen molar-refractivity contribution in [3.63, 3.8) is 0 Å². The van der Waals surface area contributed by atoms with Gasteiger partial charge in [-0.15, -0.1) is 0 Å². The van der Waals surface area contributed by atoms with Gasteiger partial charge in [0.25, 0.3) is 0 Å². The summed E-state index contributed by atoms with van der Waals surface area (Å²) in [4.78, 5) is 26.7. The summed E-state index contributed by atoms with van der Waals surface area (Å²) in [7, 11) is -0.674. The minimum absolute atomic E-state index is 0. The lowest BCUT2D eigenvalue weighted by Crippen LogP contribution is -2.40. The second-order valence-electron chi connectivity index (χ2n) is 7.26. The average Bonchev–Trinajstić information content (AvgIpc) is 3.16. The molecule has 0 saturated carbocycles. The molecule has 1 heterocycles. The Labute approximate surface area is 186 Å². The van der Waals surface area contributed by atoms with Crippen LogP contribution in [-0.4, -0.2) is 44.1 Å². The highest BCUT2D eigenvalue weighted by Crippen LogP contribution is 2.34. The van der Waals surface area contributed by atoms with E-state index >= 15 is 0 Å². The van der Waals surface area contributed by atoms with E-state index in [1.54, 1.807) is 0 Å². The van der Waals surface area contributed by atoms with E-state index in [1.165, 1.54) is 15.5 Å². The van der Waals surface area contributed by atoms with Gasteiger partial charge in [0.1, 0.15) is 6.61 Å². The van der Waals surface area contributed by atoms with Gasteiger partial charge in [0.15, 0.2) is 0 Å². The number of ether oxygens (including phenoxy) is 1. The molecule has 0 aliphatic carbocycles. The normalized spacial score (nSPS) is 15.5. The lowest BCUT2D eigenvalue weighted by atomic mass is 10.1. The minimum Gasteiger partial charge on any atom is -0.447 e. The molecule has 1 aliphatic heterocycles. The van der Waals surface area contributed by atoms with Crippen molar-refractivity contribution in [2.24, 2.45) is 0 Å². The Balaban J connectivity index is 0.00000272. The van der Waals surface area contributed by atoms with Crippen molar-refractivity contribution in [2.75, 3.05) is 12.8 Å².